The van der Waals surface area contributed by atoms with Gasteiger partial charge in [-0.1, -0.05) is 91.0 Å². The third-order valence-electron chi connectivity index (χ3n) is 11.1. The highest BCUT2D eigenvalue weighted by Gasteiger charge is 2.23. The maximum Gasteiger partial charge on any atom is 0.0992 e. The van der Waals surface area contributed by atoms with Gasteiger partial charge in [0.1, 0.15) is 0 Å². The van der Waals surface area contributed by atoms with Gasteiger partial charge in [-0.15, -0.1) is 22.7 Å². The Morgan fingerprint density at radius 1 is 0.463 bits per heavy atom. The molecule has 12 aromatic rings. The van der Waals surface area contributed by atoms with E-state index in [0.29, 0.717) is 5.56 Å². The molecule has 5 aromatic heterocycles. The minimum atomic E-state index is 0.613. The highest BCUT2D eigenvalue weighted by Crippen LogP contribution is 2.47. The average molecular weight is 723 g/mol. The van der Waals surface area contributed by atoms with Gasteiger partial charge in [-0.25, -0.2) is 0 Å². The van der Waals surface area contributed by atoms with Crippen LogP contribution in [0, 0.1) is 11.3 Å². The minimum Gasteiger partial charge on any atom is -0.309 e. The molecule has 4 nitrogen and oxygen atoms in total. The number of pyridine rings is 1. The highest BCUT2D eigenvalue weighted by molar-refractivity contribution is 7.27. The molecule has 54 heavy (non-hydrogen) atoms. The lowest BCUT2D eigenvalue weighted by Gasteiger charge is -2.18. The molecule has 7 aromatic carbocycles. The molecule has 0 N–H and O–H groups in total. The Morgan fingerprint density at radius 3 is 1.57 bits per heavy atom. The molecule has 250 valence electrons. The second-order valence-electron chi connectivity index (χ2n) is 13.8. The van der Waals surface area contributed by atoms with Gasteiger partial charge in [-0.2, -0.15) is 5.26 Å². The van der Waals surface area contributed by atoms with Gasteiger partial charge >= 0.3 is 0 Å². The molecular formula is C48H26N4S2. The van der Waals surface area contributed by atoms with Crippen molar-refractivity contribution in [2.45, 2.75) is 0 Å². The molecule has 0 aliphatic rings. The molecule has 0 atom stereocenters. The Morgan fingerprint density at radius 2 is 0.981 bits per heavy atom. The third kappa shape index (κ3) is 3.97. The van der Waals surface area contributed by atoms with Crippen LogP contribution >= 0.6 is 22.7 Å². The second kappa shape index (κ2) is 11.1. The van der Waals surface area contributed by atoms with Gasteiger partial charge in [0.25, 0.3) is 0 Å². The van der Waals surface area contributed by atoms with Gasteiger partial charge < -0.3 is 9.13 Å². The first-order chi connectivity index (χ1) is 26.8. The molecule has 0 spiro atoms. The zero-order valence-electron chi connectivity index (χ0n) is 28.6. The highest BCUT2D eigenvalue weighted by atomic mass is 32.1. The predicted octanol–water partition coefficient (Wildman–Crippen LogP) is 13.6. The topological polar surface area (TPSA) is 46.5 Å². The molecule has 0 amide bonds. The summed E-state index contributed by atoms with van der Waals surface area (Å²) in [4.78, 5) is 4.74. The number of nitrogens with zero attached hydrogens (tertiary/aromatic N) is 4. The van der Waals surface area contributed by atoms with E-state index in [1.807, 2.05) is 47.2 Å². The van der Waals surface area contributed by atoms with E-state index in [0.717, 1.165) is 44.6 Å². The van der Waals surface area contributed by atoms with E-state index in [1.54, 1.807) is 0 Å². The standard InChI is InChI=1S/C48H26N4S2/c49-26-28-17-18-29(41(25-28)51-37-13-5-1-11-35(37)45-39(51)21-19-33-31-9-3-7-15-43(31)53-47(33)45)30-23-24-50-27-42(30)52-38-14-6-2-12-36(38)46-40(52)22-20-34-32-10-4-8-16-44(32)54-48(34)46/h1-25,27H. The van der Waals surface area contributed by atoms with Gasteiger partial charge in [0.2, 0.25) is 0 Å². The summed E-state index contributed by atoms with van der Waals surface area (Å²) in [6.07, 6.45) is 3.87. The van der Waals surface area contributed by atoms with Gasteiger partial charge in [-0.05, 0) is 54.6 Å². The lowest BCUT2D eigenvalue weighted by atomic mass is 10.00. The van der Waals surface area contributed by atoms with Crippen LogP contribution in [0.4, 0.5) is 0 Å². The Balaban J connectivity index is 1.18. The summed E-state index contributed by atoms with van der Waals surface area (Å²) in [6, 6.07) is 54.5. The van der Waals surface area contributed by atoms with Crippen LogP contribution < -0.4 is 0 Å². The van der Waals surface area contributed by atoms with Crippen LogP contribution in [0.25, 0.3) is 106 Å². The summed E-state index contributed by atoms with van der Waals surface area (Å²) < 4.78 is 9.90. The van der Waals surface area contributed by atoms with Crippen LogP contribution in [0.5, 0.6) is 0 Å². The van der Waals surface area contributed by atoms with Crippen molar-refractivity contribution in [2.24, 2.45) is 0 Å². The lowest BCUT2D eigenvalue weighted by molar-refractivity contribution is 1.13. The molecule has 0 fully saturated rings. The molecule has 5 heterocycles. The molecule has 0 bridgehead atoms. The first kappa shape index (κ1) is 29.8. The van der Waals surface area contributed by atoms with Crippen molar-refractivity contribution >= 4 is 107 Å². The fourth-order valence-electron chi connectivity index (χ4n) is 8.79. The smallest absolute Gasteiger partial charge is 0.0992 e. The monoisotopic (exact) mass is 722 g/mol. The molecule has 12 rings (SSSR count). The Labute approximate surface area is 316 Å². The Kier molecular flexibility index (Phi) is 6.12. The summed E-state index contributed by atoms with van der Waals surface area (Å²) in [5, 5.41) is 20.3. The van der Waals surface area contributed by atoms with E-state index < -0.39 is 0 Å². The minimum absolute atomic E-state index is 0.613. The van der Waals surface area contributed by atoms with Gasteiger partial charge in [0, 0.05) is 79.2 Å². The fourth-order valence-corrected chi connectivity index (χ4v) is 11.3. The number of aromatic nitrogens is 3. The van der Waals surface area contributed by atoms with Crippen molar-refractivity contribution in [3.05, 3.63) is 164 Å². The van der Waals surface area contributed by atoms with Crippen molar-refractivity contribution in [1.82, 2.24) is 14.1 Å². The van der Waals surface area contributed by atoms with E-state index in [2.05, 4.69) is 149 Å². The average Bonchev–Trinajstić information content (AvgIpc) is 3.98. The van der Waals surface area contributed by atoms with E-state index in [-0.39, 0.29) is 0 Å². The first-order valence-corrected chi connectivity index (χ1v) is 19.6. The van der Waals surface area contributed by atoms with E-state index >= 15 is 0 Å². The zero-order valence-corrected chi connectivity index (χ0v) is 30.2. The molecule has 0 saturated carbocycles. The quantitative estimate of drug-likeness (QED) is 0.182. The van der Waals surface area contributed by atoms with Crippen molar-refractivity contribution in [3.8, 4) is 28.6 Å². The third-order valence-corrected chi connectivity index (χ3v) is 13.5. The molecule has 0 aliphatic carbocycles. The van der Waals surface area contributed by atoms with Crippen LogP contribution in [-0.2, 0) is 0 Å². The summed E-state index contributed by atoms with van der Waals surface area (Å²) in [7, 11) is 0. The van der Waals surface area contributed by atoms with E-state index in [9.17, 15) is 5.26 Å². The summed E-state index contributed by atoms with van der Waals surface area (Å²) in [5.74, 6) is 0. The van der Waals surface area contributed by atoms with Gasteiger partial charge in [-0.3, -0.25) is 4.98 Å². The van der Waals surface area contributed by atoms with E-state index in [1.165, 1.54) is 61.9 Å². The number of benzene rings is 7. The summed E-state index contributed by atoms with van der Waals surface area (Å²) in [5.41, 5.74) is 9.12. The molecular weight excluding hydrogens is 697 g/mol. The number of thiophene rings is 2. The normalized spacial score (nSPS) is 12.1. The van der Waals surface area contributed by atoms with Crippen molar-refractivity contribution in [3.63, 3.8) is 0 Å². The van der Waals surface area contributed by atoms with E-state index in [4.69, 9.17) is 4.98 Å². The van der Waals surface area contributed by atoms with Crippen molar-refractivity contribution in [2.75, 3.05) is 0 Å². The Bertz CT molecular complexity index is 3590. The van der Waals surface area contributed by atoms with Crippen LogP contribution in [0.2, 0.25) is 0 Å². The number of para-hydroxylation sites is 2. The lowest BCUT2D eigenvalue weighted by Crippen LogP contribution is -2.02. The van der Waals surface area contributed by atoms with Gasteiger partial charge in [0.15, 0.2) is 0 Å². The molecule has 0 saturated heterocycles. The maximum atomic E-state index is 10.3. The molecule has 0 unspecified atom stereocenters. The number of fused-ring (bicyclic) bond motifs is 14. The van der Waals surface area contributed by atoms with Crippen LogP contribution in [0.3, 0.4) is 0 Å². The van der Waals surface area contributed by atoms with Gasteiger partial charge in [0.05, 0.1) is 51.3 Å². The SMILES string of the molecule is N#Cc1ccc(-c2ccncc2-n2c3ccccc3c3c4sc5ccccc5c4ccc32)c(-n2c3ccccc3c3c4sc5ccccc5c4ccc32)c1. The van der Waals surface area contributed by atoms with Crippen LogP contribution in [0.1, 0.15) is 5.56 Å². The zero-order chi connectivity index (χ0) is 35.5. The molecule has 6 heteroatoms. The maximum absolute atomic E-state index is 10.3. The molecule has 0 aliphatic heterocycles. The first-order valence-electron chi connectivity index (χ1n) is 17.9. The van der Waals surface area contributed by atoms with Crippen LogP contribution in [0.15, 0.2) is 158 Å². The Hall–Kier alpha value is -6.78. The summed E-state index contributed by atoms with van der Waals surface area (Å²) >= 11 is 3.71. The predicted molar refractivity (Wildman–Crippen MR) is 229 cm³/mol. The largest absolute Gasteiger partial charge is 0.309 e. The molecule has 0 radical (unpaired) electrons. The van der Waals surface area contributed by atoms with Crippen molar-refractivity contribution < 1.29 is 0 Å². The van der Waals surface area contributed by atoms with Crippen LogP contribution in [-0.4, -0.2) is 14.1 Å². The second-order valence-corrected chi connectivity index (χ2v) is 15.9. The number of rotatable bonds is 3. The summed E-state index contributed by atoms with van der Waals surface area (Å²) in [6.45, 7) is 0. The fraction of sp³-hybridized carbons (Fsp3) is 0. The number of hydrogen-bond donors (Lipinski definition) is 0. The number of hydrogen-bond acceptors (Lipinski definition) is 4. The van der Waals surface area contributed by atoms with Crippen molar-refractivity contribution in [1.29, 1.82) is 5.26 Å². The number of nitriles is 1.